The fraction of sp³-hybridized carbons (Fsp3) is 0. The van der Waals surface area contributed by atoms with Gasteiger partial charge in [0, 0.05) is 22.2 Å². The molecule has 0 aliphatic carbocycles. The van der Waals surface area contributed by atoms with Crippen molar-refractivity contribution in [1.29, 1.82) is 0 Å². The lowest BCUT2D eigenvalue weighted by Gasteiger charge is -2.10. The predicted octanol–water partition coefficient (Wildman–Crippen LogP) is 6.30. The number of carbonyl (C=O) groups excluding carboxylic acids is 2. The first-order valence-electron chi connectivity index (χ1n) is 9.09. The van der Waals surface area contributed by atoms with E-state index in [1.54, 1.807) is 48.6 Å². The van der Waals surface area contributed by atoms with Crippen LogP contribution in [0.3, 0.4) is 0 Å². The maximum atomic E-state index is 12.3. The normalized spacial score (nSPS) is 11.0. The number of nitrogens with one attached hydrogen (secondary N) is 2. The number of hydrogen-bond donors (Lipinski definition) is 2. The second-order valence-corrected chi connectivity index (χ2v) is 7.05. The smallest absolute Gasteiger partial charge is 0.248 e. The molecule has 150 valence electrons. The van der Waals surface area contributed by atoms with E-state index in [0.717, 1.165) is 11.1 Å². The lowest BCUT2D eigenvalue weighted by atomic mass is 10.2. The Morgan fingerprint density at radius 2 is 0.967 bits per heavy atom. The average Bonchev–Trinajstić information content (AvgIpc) is 2.74. The second kappa shape index (κ2) is 10.4. The van der Waals surface area contributed by atoms with E-state index in [9.17, 15) is 9.59 Å². The molecule has 4 nitrogen and oxygen atoms in total. The minimum atomic E-state index is -0.344. The first-order chi connectivity index (χ1) is 14.5. The van der Waals surface area contributed by atoms with Crippen LogP contribution in [0.25, 0.3) is 12.2 Å². The van der Waals surface area contributed by atoms with E-state index >= 15 is 0 Å². The molecule has 0 heterocycles. The topological polar surface area (TPSA) is 58.2 Å². The zero-order valence-corrected chi connectivity index (χ0v) is 17.3. The summed E-state index contributed by atoms with van der Waals surface area (Å²) >= 11 is 12.2. The molecule has 6 heteroatoms. The van der Waals surface area contributed by atoms with Gasteiger partial charge in [-0.1, -0.05) is 71.7 Å². The van der Waals surface area contributed by atoms with E-state index in [2.05, 4.69) is 10.6 Å². The zero-order valence-electron chi connectivity index (χ0n) is 15.8. The van der Waals surface area contributed by atoms with Crippen LogP contribution in [0.2, 0.25) is 10.0 Å². The third kappa shape index (κ3) is 6.08. The van der Waals surface area contributed by atoms with Gasteiger partial charge in [-0.2, -0.15) is 0 Å². The summed E-state index contributed by atoms with van der Waals surface area (Å²) < 4.78 is 0. The summed E-state index contributed by atoms with van der Waals surface area (Å²) in [5.74, 6) is -0.688. The summed E-state index contributed by atoms with van der Waals surface area (Å²) in [4.78, 5) is 24.6. The van der Waals surface area contributed by atoms with Gasteiger partial charge in [-0.15, -0.1) is 0 Å². The van der Waals surface area contributed by atoms with E-state index < -0.39 is 0 Å². The van der Waals surface area contributed by atoms with Crippen molar-refractivity contribution in [1.82, 2.24) is 0 Å². The SMILES string of the molecule is O=C(/C=C/c1ccccc1Cl)Nc1ccccc1NC(=O)/C=C/c1ccccc1Cl. The van der Waals surface area contributed by atoms with E-state index in [1.807, 2.05) is 36.4 Å². The maximum absolute atomic E-state index is 12.3. The molecule has 0 radical (unpaired) electrons. The number of hydrogen-bond acceptors (Lipinski definition) is 2. The molecule has 2 amide bonds. The van der Waals surface area contributed by atoms with Gasteiger partial charge in [0.2, 0.25) is 11.8 Å². The summed E-state index contributed by atoms with van der Waals surface area (Å²) in [6.07, 6.45) is 6.03. The van der Waals surface area contributed by atoms with E-state index in [-0.39, 0.29) is 11.8 Å². The molecular weight excluding hydrogens is 419 g/mol. The number of carbonyl (C=O) groups is 2. The van der Waals surface area contributed by atoms with E-state index in [1.165, 1.54) is 12.2 Å². The third-order valence-corrected chi connectivity index (χ3v) is 4.77. The van der Waals surface area contributed by atoms with E-state index in [0.29, 0.717) is 21.4 Å². The number of para-hydroxylation sites is 2. The molecule has 0 saturated carbocycles. The lowest BCUT2D eigenvalue weighted by Crippen LogP contribution is -2.13. The Labute approximate surface area is 184 Å². The summed E-state index contributed by atoms with van der Waals surface area (Å²) in [5, 5.41) is 6.63. The van der Waals surface area contributed by atoms with Crippen LogP contribution in [0.4, 0.5) is 11.4 Å². The van der Waals surface area contributed by atoms with Crippen molar-refractivity contribution in [2.45, 2.75) is 0 Å². The molecule has 2 N–H and O–H groups in total. The van der Waals surface area contributed by atoms with Crippen LogP contribution in [-0.2, 0) is 9.59 Å². The number of amides is 2. The molecule has 0 aliphatic rings. The van der Waals surface area contributed by atoms with Crippen molar-refractivity contribution in [2.24, 2.45) is 0 Å². The Balaban J connectivity index is 1.67. The number of halogens is 2. The van der Waals surface area contributed by atoms with Gasteiger partial charge in [0.25, 0.3) is 0 Å². The Morgan fingerprint density at radius 3 is 1.37 bits per heavy atom. The molecule has 0 aromatic heterocycles. The first kappa shape index (κ1) is 21.4. The maximum Gasteiger partial charge on any atom is 0.248 e. The van der Waals surface area contributed by atoms with Crippen LogP contribution in [0.1, 0.15) is 11.1 Å². The Morgan fingerprint density at radius 1 is 0.600 bits per heavy atom. The molecule has 0 aliphatic heterocycles. The predicted molar refractivity (Wildman–Crippen MR) is 125 cm³/mol. The third-order valence-electron chi connectivity index (χ3n) is 4.08. The van der Waals surface area contributed by atoms with Crippen molar-refractivity contribution in [3.05, 3.63) is 106 Å². The largest absolute Gasteiger partial charge is 0.321 e. The summed E-state index contributed by atoms with van der Waals surface area (Å²) in [6, 6.07) is 21.4. The second-order valence-electron chi connectivity index (χ2n) is 6.23. The molecule has 0 atom stereocenters. The van der Waals surface area contributed by atoms with Gasteiger partial charge < -0.3 is 10.6 Å². The van der Waals surface area contributed by atoms with Crippen LogP contribution >= 0.6 is 23.2 Å². The first-order valence-corrected chi connectivity index (χ1v) is 9.85. The lowest BCUT2D eigenvalue weighted by molar-refractivity contribution is -0.112. The van der Waals surface area contributed by atoms with Gasteiger partial charge in [-0.05, 0) is 47.5 Å². The molecule has 0 unspecified atom stereocenters. The van der Waals surface area contributed by atoms with Gasteiger partial charge in [-0.3, -0.25) is 9.59 Å². The van der Waals surface area contributed by atoms with Gasteiger partial charge >= 0.3 is 0 Å². The number of anilines is 2. The highest BCUT2D eigenvalue weighted by atomic mass is 35.5. The molecule has 0 bridgehead atoms. The minimum Gasteiger partial charge on any atom is -0.321 e. The van der Waals surface area contributed by atoms with Gasteiger partial charge in [0.05, 0.1) is 11.4 Å². The number of rotatable bonds is 6. The van der Waals surface area contributed by atoms with Crippen LogP contribution in [-0.4, -0.2) is 11.8 Å². The van der Waals surface area contributed by atoms with Crippen molar-refractivity contribution < 1.29 is 9.59 Å². The van der Waals surface area contributed by atoms with Crippen molar-refractivity contribution >= 4 is 58.5 Å². The number of benzene rings is 3. The molecule has 3 aromatic carbocycles. The molecule has 3 aromatic rings. The molecule has 0 spiro atoms. The van der Waals surface area contributed by atoms with Gasteiger partial charge in [0.1, 0.15) is 0 Å². The van der Waals surface area contributed by atoms with Crippen molar-refractivity contribution in [2.75, 3.05) is 10.6 Å². The van der Waals surface area contributed by atoms with Crippen LogP contribution in [0.5, 0.6) is 0 Å². The Hall–Kier alpha value is -3.34. The zero-order chi connectivity index (χ0) is 21.3. The molecule has 30 heavy (non-hydrogen) atoms. The summed E-state index contributed by atoms with van der Waals surface area (Å²) in [6.45, 7) is 0. The van der Waals surface area contributed by atoms with Crippen LogP contribution in [0, 0.1) is 0 Å². The van der Waals surface area contributed by atoms with Crippen molar-refractivity contribution in [3.8, 4) is 0 Å². The van der Waals surface area contributed by atoms with Gasteiger partial charge in [-0.25, -0.2) is 0 Å². The minimum absolute atomic E-state index is 0.344. The average molecular weight is 437 g/mol. The quantitative estimate of drug-likeness (QED) is 0.445. The highest BCUT2D eigenvalue weighted by molar-refractivity contribution is 6.32. The van der Waals surface area contributed by atoms with Gasteiger partial charge in [0.15, 0.2) is 0 Å². The Kier molecular flexibility index (Phi) is 7.44. The molecule has 0 fully saturated rings. The molecule has 0 saturated heterocycles. The highest BCUT2D eigenvalue weighted by Gasteiger charge is 2.07. The van der Waals surface area contributed by atoms with Crippen LogP contribution in [0.15, 0.2) is 84.9 Å². The van der Waals surface area contributed by atoms with Crippen LogP contribution < -0.4 is 10.6 Å². The summed E-state index contributed by atoms with van der Waals surface area (Å²) in [7, 11) is 0. The molecule has 3 rings (SSSR count). The Bertz CT molecular complexity index is 1030. The fourth-order valence-electron chi connectivity index (χ4n) is 2.60. The summed E-state index contributed by atoms with van der Waals surface area (Å²) in [5.41, 5.74) is 2.43. The van der Waals surface area contributed by atoms with Crippen molar-refractivity contribution in [3.63, 3.8) is 0 Å². The highest BCUT2D eigenvalue weighted by Crippen LogP contribution is 2.22. The molecular formula is C24H18Cl2N2O2. The fourth-order valence-corrected chi connectivity index (χ4v) is 3.00. The standard InChI is InChI=1S/C24H18Cl2N2O2/c25-19-9-3-1-7-17(19)13-15-23(29)27-21-11-5-6-12-22(21)28-24(30)16-14-18-8-2-4-10-20(18)26/h1-16H,(H,27,29)(H,28,30)/b15-13+,16-14+. The van der Waals surface area contributed by atoms with E-state index in [4.69, 9.17) is 23.2 Å². The monoisotopic (exact) mass is 436 g/mol.